The van der Waals surface area contributed by atoms with Crippen molar-refractivity contribution in [1.82, 2.24) is 0 Å². The van der Waals surface area contributed by atoms with Crippen LogP contribution >= 0.6 is 0 Å². The molecule has 0 spiro atoms. The van der Waals surface area contributed by atoms with E-state index in [2.05, 4.69) is 0 Å². The third-order valence-electron chi connectivity index (χ3n) is 2.10. The van der Waals surface area contributed by atoms with Crippen molar-refractivity contribution in [1.29, 1.82) is 5.26 Å². The van der Waals surface area contributed by atoms with E-state index in [1.807, 2.05) is 6.07 Å². The summed E-state index contributed by atoms with van der Waals surface area (Å²) >= 11 is 0. The molecule has 0 unspecified atom stereocenters. The number of hydrogen-bond acceptors (Lipinski definition) is 4. The Morgan fingerprint density at radius 1 is 1.38 bits per heavy atom. The first kappa shape index (κ1) is 12.5. The van der Waals surface area contributed by atoms with Crippen molar-refractivity contribution in [3.05, 3.63) is 29.8 Å². The number of ether oxygens (including phenoxy) is 1. The highest BCUT2D eigenvalue weighted by Crippen LogP contribution is 2.16. The van der Waals surface area contributed by atoms with Crippen molar-refractivity contribution in [2.24, 2.45) is 0 Å². The molecule has 16 heavy (non-hydrogen) atoms. The summed E-state index contributed by atoms with van der Waals surface area (Å²) in [6.07, 6.45) is 0. The lowest BCUT2D eigenvalue weighted by Gasteiger charge is -2.07. The number of nitrogens with zero attached hydrogens (tertiary/aromatic N) is 1. The van der Waals surface area contributed by atoms with Crippen molar-refractivity contribution < 1.29 is 13.2 Å². The SMILES string of the molecule is CCS(=O)(=O)CCOc1ccccc1C#N. The summed E-state index contributed by atoms with van der Waals surface area (Å²) < 4.78 is 27.7. The minimum atomic E-state index is -3.02. The second-order valence-corrected chi connectivity index (χ2v) is 5.67. The molecule has 1 aromatic carbocycles. The van der Waals surface area contributed by atoms with E-state index in [0.717, 1.165) is 0 Å². The van der Waals surface area contributed by atoms with E-state index in [1.54, 1.807) is 31.2 Å². The number of sulfone groups is 1. The van der Waals surface area contributed by atoms with Gasteiger partial charge < -0.3 is 4.74 Å². The number of rotatable bonds is 5. The number of benzene rings is 1. The smallest absolute Gasteiger partial charge is 0.153 e. The Balaban J connectivity index is 2.60. The molecule has 0 bridgehead atoms. The summed E-state index contributed by atoms with van der Waals surface area (Å²) in [5, 5.41) is 8.78. The van der Waals surface area contributed by atoms with Crippen LogP contribution < -0.4 is 4.74 Å². The Labute approximate surface area is 95.4 Å². The van der Waals surface area contributed by atoms with Crippen molar-refractivity contribution in [2.75, 3.05) is 18.1 Å². The zero-order chi connectivity index (χ0) is 12.0. The van der Waals surface area contributed by atoms with Gasteiger partial charge in [-0.25, -0.2) is 8.42 Å². The molecule has 0 atom stereocenters. The van der Waals surface area contributed by atoms with E-state index in [9.17, 15) is 8.42 Å². The van der Waals surface area contributed by atoms with Gasteiger partial charge in [0.15, 0.2) is 9.84 Å². The third-order valence-corrected chi connectivity index (χ3v) is 3.77. The molecule has 0 saturated heterocycles. The second kappa shape index (κ2) is 5.52. The van der Waals surface area contributed by atoms with E-state index in [-0.39, 0.29) is 18.1 Å². The van der Waals surface area contributed by atoms with Crippen LogP contribution in [0.25, 0.3) is 0 Å². The molecule has 0 saturated carbocycles. The maximum Gasteiger partial charge on any atom is 0.153 e. The standard InChI is InChI=1S/C11H13NO3S/c1-2-16(13,14)8-7-15-11-6-4-3-5-10(11)9-12/h3-6H,2,7-8H2,1H3. The normalized spacial score (nSPS) is 10.8. The average Bonchev–Trinajstić information content (AvgIpc) is 2.29. The van der Waals surface area contributed by atoms with Crippen molar-refractivity contribution in [3.63, 3.8) is 0 Å². The average molecular weight is 239 g/mol. The molecular formula is C11H13NO3S. The Kier molecular flexibility index (Phi) is 4.32. The van der Waals surface area contributed by atoms with Gasteiger partial charge in [-0.2, -0.15) is 5.26 Å². The first-order chi connectivity index (χ1) is 7.59. The van der Waals surface area contributed by atoms with E-state index >= 15 is 0 Å². The molecule has 0 aromatic heterocycles. The monoisotopic (exact) mass is 239 g/mol. The molecule has 0 aliphatic heterocycles. The van der Waals surface area contributed by atoms with Crippen molar-refractivity contribution in [2.45, 2.75) is 6.92 Å². The lowest BCUT2D eigenvalue weighted by molar-refractivity contribution is 0.340. The van der Waals surface area contributed by atoms with Crippen molar-refractivity contribution >= 4 is 9.84 Å². The fraction of sp³-hybridized carbons (Fsp3) is 0.364. The van der Waals surface area contributed by atoms with Crippen molar-refractivity contribution in [3.8, 4) is 11.8 Å². The Hall–Kier alpha value is -1.54. The summed E-state index contributed by atoms with van der Waals surface area (Å²) in [4.78, 5) is 0. The zero-order valence-electron chi connectivity index (χ0n) is 9.01. The first-order valence-electron chi connectivity index (χ1n) is 4.91. The lowest BCUT2D eigenvalue weighted by Crippen LogP contribution is -2.15. The van der Waals surface area contributed by atoms with Gasteiger partial charge in [-0.15, -0.1) is 0 Å². The number of nitriles is 1. The van der Waals surface area contributed by atoms with Gasteiger partial charge in [0.2, 0.25) is 0 Å². The summed E-state index contributed by atoms with van der Waals surface area (Å²) in [6.45, 7) is 1.67. The Morgan fingerprint density at radius 3 is 2.69 bits per heavy atom. The van der Waals surface area contributed by atoms with Gasteiger partial charge in [0.05, 0.1) is 11.3 Å². The minimum absolute atomic E-state index is 0.0245. The number of para-hydroxylation sites is 1. The number of hydrogen-bond donors (Lipinski definition) is 0. The highest BCUT2D eigenvalue weighted by molar-refractivity contribution is 7.91. The summed E-state index contributed by atoms with van der Waals surface area (Å²) in [7, 11) is -3.02. The third kappa shape index (κ3) is 3.55. The molecule has 0 heterocycles. The van der Waals surface area contributed by atoms with Crippen LogP contribution in [0.4, 0.5) is 0 Å². The van der Waals surface area contributed by atoms with Crippen LogP contribution in [0.2, 0.25) is 0 Å². The maximum absolute atomic E-state index is 11.2. The lowest BCUT2D eigenvalue weighted by atomic mass is 10.2. The van der Waals surface area contributed by atoms with Crippen LogP contribution in [0.15, 0.2) is 24.3 Å². The van der Waals surface area contributed by atoms with E-state index < -0.39 is 9.84 Å². The molecule has 5 heteroatoms. The first-order valence-corrected chi connectivity index (χ1v) is 6.73. The Morgan fingerprint density at radius 2 is 2.06 bits per heavy atom. The predicted molar refractivity (Wildman–Crippen MR) is 61.0 cm³/mol. The largest absolute Gasteiger partial charge is 0.491 e. The van der Waals surface area contributed by atoms with E-state index in [1.165, 1.54) is 0 Å². The van der Waals surface area contributed by atoms with Crippen LogP contribution in [0, 0.1) is 11.3 Å². The van der Waals surface area contributed by atoms with Crippen LogP contribution in [0.5, 0.6) is 5.75 Å². The molecule has 0 fully saturated rings. The molecule has 4 nitrogen and oxygen atoms in total. The fourth-order valence-corrected chi connectivity index (χ4v) is 1.73. The van der Waals surface area contributed by atoms with Crippen LogP contribution in [-0.4, -0.2) is 26.5 Å². The molecular weight excluding hydrogens is 226 g/mol. The van der Waals surface area contributed by atoms with E-state index in [4.69, 9.17) is 10.00 Å². The molecule has 0 N–H and O–H groups in total. The highest BCUT2D eigenvalue weighted by Gasteiger charge is 2.08. The quantitative estimate of drug-likeness (QED) is 0.778. The maximum atomic E-state index is 11.2. The zero-order valence-corrected chi connectivity index (χ0v) is 9.83. The molecule has 0 radical (unpaired) electrons. The van der Waals surface area contributed by atoms with Gasteiger partial charge in [0.25, 0.3) is 0 Å². The molecule has 1 rings (SSSR count). The second-order valence-electron chi connectivity index (χ2n) is 3.19. The van der Waals surface area contributed by atoms with Gasteiger partial charge >= 0.3 is 0 Å². The highest BCUT2D eigenvalue weighted by atomic mass is 32.2. The summed E-state index contributed by atoms with van der Waals surface area (Å²) in [6, 6.07) is 8.73. The van der Waals surface area contributed by atoms with E-state index in [0.29, 0.717) is 11.3 Å². The van der Waals surface area contributed by atoms with Gasteiger partial charge in [0.1, 0.15) is 18.4 Å². The fourth-order valence-electron chi connectivity index (χ4n) is 1.11. The molecule has 0 aliphatic rings. The summed E-state index contributed by atoms with van der Waals surface area (Å²) in [5.74, 6) is 0.510. The van der Waals surface area contributed by atoms with Crippen LogP contribution in [0.1, 0.15) is 12.5 Å². The minimum Gasteiger partial charge on any atom is -0.491 e. The van der Waals surface area contributed by atoms with Gasteiger partial charge in [-0.05, 0) is 12.1 Å². The van der Waals surface area contributed by atoms with Gasteiger partial charge in [-0.3, -0.25) is 0 Å². The molecule has 1 aromatic rings. The van der Waals surface area contributed by atoms with Crippen LogP contribution in [0.3, 0.4) is 0 Å². The topological polar surface area (TPSA) is 67.2 Å². The predicted octanol–water partition coefficient (Wildman–Crippen LogP) is 1.37. The summed E-state index contributed by atoms with van der Waals surface area (Å²) in [5.41, 5.74) is 0.413. The van der Waals surface area contributed by atoms with Gasteiger partial charge in [-0.1, -0.05) is 19.1 Å². The molecule has 0 amide bonds. The molecule has 0 aliphatic carbocycles. The molecule has 86 valence electrons. The Bertz CT molecular complexity index is 488. The van der Waals surface area contributed by atoms with Gasteiger partial charge in [0, 0.05) is 5.75 Å². The van der Waals surface area contributed by atoms with Crippen LogP contribution in [-0.2, 0) is 9.84 Å².